The van der Waals surface area contributed by atoms with Gasteiger partial charge in [0.2, 0.25) is 5.91 Å². The fourth-order valence-electron chi connectivity index (χ4n) is 2.74. The first kappa shape index (κ1) is 23.9. The van der Waals surface area contributed by atoms with E-state index in [0.29, 0.717) is 12.5 Å². The number of rotatable bonds is 8. The average Bonchev–Trinajstić information content (AvgIpc) is 2.68. The van der Waals surface area contributed by atoms with E-state index in [4.69, 9.17) is 0 Å². The number of guanidine groups is 1. The SMILES string of the molecule is CN=C(NCCc1ccc(NC(C)=O)cc1)NCC(CO)c1ccccc1.I. The third-order valence-electron chi connectivity index (χ3n) is 4.21. The first-order chi connectivity index (χ1) is 13.1. The van der Waals surface area contributed by atoms with Crippen LogP contribution in [0.1, 0.15) is 24.0 Å². The van der Waals surface area contributed by atoms with Crippen molar-refractivity contribution < 1.29 is 9.90 Å². The Morgan fingerprint density at radius 1 is 1.07 bits per heavy atom. The molecule has 0 fully saturated rings. The van der Waals surface area contributed by atoms with Gasteiger partial charge in [0.05, 0.1) is 6.61 Å². The Kier molecular flexibility index (Phi) is 11.2. The average molecular weight is 496 g/mol. The maximum Gasteiger partial charge on any atom is 0.221 e. The summed E-state index contributed by atoms with van der Waals surface area (Å²) in [5.74, 6) is 0.654. The number of amides is 1. The molecule has 152 valence electrons. The van der Waals surface area contributed by atoms with Crippen LogP contribution in [0.2, 0.25) is 0 Å². The molecule has 2 aromatic carbocycles. The molecular formula is C21H29IN4O2. The van der Waals surface area contributed by atoms with E-state index >= 15 is 0 Å². The maximum atomic E-state index is 11.0. The molecule has 0 saturated heterocycles. The van der Waals surface area contributed by atoms with Crippen LogP contribution >= 0.6 is 24.0 Å². The predicted molar refractivity (Wildman–Crippen MR) is 125 cm³/mol. The highest BCUT2D eigenvalue weighted by Crippen LogP contribution is 2.13. The molecule has 0 bridgehead atoms. The number of hydrogen-bond acceptors (Lipinski definition) is 3. The molecule has 0 aliphatic heterocycles. The van der Waals surface area contributed by atoms with E-state index in [1.54, 1.807) is 7.05 Å². The summed E-state index contributed by atoms with van der Waals surface area (Å²) in [5.41, 5.74) is 3.07. The van der Waals surface area contributed by atoms with Crippen LogP contribution in [0.3, 0.4) is 0 Å². The molecule has 6 nitrogen and oxygen atoms in total. The zero-order chi connectivity index (χ0) is 19.5. The minimum atomic E-state index is -0.0732. The summed E-state index contributed by atoms with van der Waals surface area (Å²) < 4.78 is 0. The molecule has 4 N–H and O–H groups in total. The Labute approximate surface area is 183 Å². The van der Waals surface area contributed by atoms with E-state index in [1.807, 2.05) is 54.6 Å². The van der Waals surface area contributed by atoms with Gasteiger partial charge >= 0.3 is 0 Å². The van der Waals surface area contributed by atoms with Crippen LogP contribution in [0.15, 0.2) is 59.6 Å². The van der Waals surface area contributed by atoms with Crippen molar-refractivity contribution in [2.45, 2.75) is 19.3 Å². The Morgan fingerprint density at radius 3 is 2.32 bits per heavy atom. The number of aliphatic hydroxyl groups excluding tert-OH is 1. The van der Waals surface area contributed by atoms with Crippen molar-refractivity contribution in [1.82, 2.24) is 10.6 Å². The number of halogens is 1. The molecule has 0 aromatic heterocycles. The van der Waals surface area contributed by atoms with Crippen molar-refractivity contribution in [3.05, 3.63) is 65.7 Å². The minimum absolute atomic E-state index is 0. The number of hydrogen-bond donors (Lipinski definition) is 4. The molecule has 7 heteroatoms. The van der Waals surface area contributed by atoms with E-state index in [1.165, 1.54) is 12.5 Å². The fraction of sp³-hybridized carbons (Fsp3) is 0.333. The van der Waals surface area contributed by atoms with E-state index in [9.17, 15) is 9.90 Å². The van der Waals surface area contributed by atoms with Crippen molar-refractivity contribution in [3.63, 3.8) is 0 Å². The lowest BCUT2D eigenvalue weighted by Gasteiger charge is -2.18. The summed E-state index contributed by atoms with van der Waals surface area (Å²) in [6.07, 6.45) is 0.836. The smallest absolute Gasteiger partial charge is 0.221 e. The van der Waals surface area contributed by atoms with Gasteiger partial charge in [0, 0.05) is 38.7 Å². The standard InChI is InChI=1S/C21H28N4O2.HI/c1-16(27)25-20-10-8-17(9-11-20)12-13-23-21(22-2)24-14-19(15-26)18-6-4-3-5-7-18;/h3-11,19,26H,12-15H2,1-2H3,(H,25,27)(H2,22,23,24);1H. The Hall–Kier alpha value is -2.13. The van der Waals surface area contributed by atoms with Crippen LogP contribution in [0.25, 0.3) is 0 Å². The maximum absolute atomic E-state index is 11.0. The lowest BCUT2D eigenvalue weighted by atomic mass is 10.0. The number of benzene rings is 2. The van der Waals surface area contributed by atoms with Crippen LogP contribution in [0, 0.1) is 0 Å². The molecule has 28 heavy (non-hydrogen) atoms. The second kappa shape index (κ2) is 13.1. The Bertz CT molecular complexity index is 736. The van der Waals surface area contributed by atoms with E-state index in [0.717, 1.165) is 24.2 Å². The Balaban J connectivity index is 0.00000392. The highest BCUT2D eigenvalue weighted by Gasteiger charge is 2.10. The van der Waals surface area contributed by atoms with Gasteiger partial charge in [-0.2, -0.15) is 0 Å². The van der Waals surface area contributed by atoms with Crippen LogP contribution in [-0.4, -0.2) is 43.7 Å². The summed E-state index contributed by atoms with van der Waals surface area (Å²) in [5, 5.41) is 18.9. The summed E-state index contributed by atoms with van der Waals surface area (Å²) in [6, 6.07) is 17.7. The second-order valence-electron chi connectivity index (χ2n) is 6.30. The summed E-state index contributed by atoms with van der Waals surface area (Å²) >= 11 is 0. The van der Waals surface area contributed by atoms with Crippen LogP contribution < -0.4 is 16.0 Å². The van der Waals surface area contributed by atoms with E-state index in [-0.39, 0.29) is 42.4 Å². The van der Waals surface area contributed by atoms with Gasteiger partial charge in [-0.25, -0.2) is 0 Å². The Morgan fingerprint density at radius 2 is 1.75 bits per heavy atom. The summed E-state index contributed by atoms with van der Waals surface area (Å²) in [6.45, 7) is 2.91. The topological polar surface area (TPSA) is 85.8 Å². The van der Waals surface area contributed by atoms with Gasteiger partial charge < -0.3 is 21.1 Å². The minimum Gasteiger partial charge on any atom is -0.396 e. The van der Waals surface area contributed by atoms with Crippen molar-refractivity contribution in [1.29, 1.82) is 0 Å². The molecule has 1 amide bonds. The number of nitrogens with zero attached hydrogens (tertiary/aromatic N) is 1. The lowest BCUT2D eigenvalue weighted by Crippen LogP contribution is -2.40. The zero-order valence-electron chi connectivity index (χ0n) is 16.3. The summed E-state index contributed by atoms with van der Waals surface area (Å²) in [7, 11) is 1.73. The predicted octanol–water partition coefficient (Wildman–Crippen LogP) is 2.75. The molecule has 2 rings (SSSR count). The highest BCUT2D eigenvalue weighted by atomic mass is 127. The molecule has 1 atom stereocenters. The number of anilines is 1. The van der Waals surface area contributed by atoms with Gasteiger partial charge in [-0.1, -0.05) is 42.5 Å². The second-order valence-corrected chi connectivity index (χ2v) is 6.30. The van der Waals surface area contributed by atoms with Crippen LogP contribution in [0.4, 0.5) is 5.69 Å². The molecule has 0 saturated carbocycles. The van der Waals surface area contributed by atoms with Gasteiger partial charge in [0.25, 0.3) is 0 Å². The molecule has 2 aromatic rings. The lowest BCUT2D eigenvalue weighted by molar-refractivity contribution is -0.114. The van der Waals surface area contributed by atoms with E-state index in [2.05, 4.69) is 20.9 Å². The monoisotopic (exact) mass is 496 g/mol. The highest BCUT2D eigenvalue weighted by molar-refractivity contribution is 14.0. The van der Waals surface area contributed by atoms with Gasteiger partial charge in [-0.05, 0) is 29.7 Å². The number of carbonyl (C=O) groups is 1. The molecule has 0 radical (unpaired) electrons. The molecule has 0 aliphatic rings. The third-order valence-corrected chi connectivity index (χ3v) is 4.21. The molecule has 0 aliphatic carbocycles. The van der Waals surface area contributed by atoms with E-state index < -0.39 is 0 Å². The molecule has 0 heterocycles. The van der Waals surface area contributed by atoms with Crippen LogP contribution in [0.5, 0.6) is 0 Å². The number of aliphatic hydroxyl groups is 1. The van der Waals surface area contributed by atoms with Gasteiger partial charge in [0.15, 0.2) is 5.96 Å². The van der Waals surface area contributed by atoms with Crippen molar-refractivity contribution in [2.75, 3.05) is 32.1 Å². The molecule has 1 unspecified atom stereocenters. The number of carbonyl (C=O) groups excluding carboxylic acids is 1. The number of nitrogens with one attached hydrogen (secondary N) is 3. The van der Waals surface area contributed by atoms with Gasteiger partial charge in [-0.15, -0.1) is 24.0 Å². The zero-order valence-corrected chi connectivity index (χ0v) is 18.6. The largest absolute Gasteiger partial charge is 0.396 e. The van der Waals surface area contributed by atoms with Crippen LogP contribution in [-0.2, 0) is 11.2 Å². The third kappa shape index (κ3) is 8.26. The fourth-order valence-corrected chi connectivity index (χ4v) is 2.74. The van der Waals surface area contributed by atoms with Crippen molar-refractivity contribution in [2.24, 2.45) is 4.99 Å². The quantitative estimate of drug-likeness (QED) is 0.257. The van der Waals surface area contributed by atoms with Gasteiger partial charge in [-0.3, -0.25) is 9.79 Å². The molecular weight excluding hydrogens is 467 g/mol. The summed E-state index contributed by atoms with van der Waals surface area (Å²) in [4.78, 5) is 15.3. The molecule has 0 spiro atoms. The van der Waals surface area contributed by atoms with Crippen molar-refractivity contribution in [3.8, 4) is 0 Å². The first-order valence-electron chi connectivity index (χ1n) is 9.09. The first-order valence-corrected chi connectivity index (χ1v) is 9.09. The number of aliphatic imine (C=N–C) groups is 1. The van der Waals surface area contributed by atoms with Gasteiger partial charge in [0.1, 0.15) is 0 Å². The van der Waals surface area contributed by atoms with Crippen molar-refractivity contribution >= 4 is 41.5 Å². The normalized spacial score (nSPS) is 11.9.